The minimum atomic E-state index is -0.430. The van der Waals surface area contributed by atoms with E-state index in [9.17, 15) is 19.2 Å². The molecule has 2 aromatic carbocycles. The monoisotopic (exact) mass is 421 g/mol. The van der Waals surface area contributed by atoms with E-state index in [1.54, 1.807) is 36.4 Å². The number of benzene rings is 2. The number of hydrogen-bond donors (Lipinski definition) is 3. The second kappa shape index (κ2) is 8.47. The molecule has 160 valence electrons. The fraction of sp³-hybridized carbons (Fsp3) is 0.273. The lowest BCUT2D eigenvalue weighted by Gasteiger charge is -2.32. The van der Waals surface area contributed by atoms with Gasteiger partial charge in [-0.2, -0.15) is 0 Å². The van der Waals surface area contributed by atoms with Crippen molar-refractivity contribution in [2.75, 3.05) is 23.3 Å². The summed E-state index contributed by atoms with van der Waals surface area (Å²) in [6.45, 7) is 1.19. The number of anilines is 2. The SMILES string of the molecule is NC(=O)C1CCN(c2ccc(NC(=O)Cn3[nH]c(=O)c4ccccc4c3=O)cc2)CC1. The van der Waals surface area contributed by atoms with Gasteiger partial charge >= 0.3 is 0 Å². The Morgan fingerprint density at radius 1 is 1.00 bits per heavy atom. The molecule has 0 bridgehead atoms. The molecule has 2 amide bonds. The van der Waals surface area contributed by atoms with Gasteiger partial charge in [-0.25, -0.2) is 4.68 Å². The van der Waals surface area contributed by atoms with Gasteiger partial charge in [-0.1, -0.05) is 12.1 Å². The molecule has 0 spiro atoms. The number of carbonyl (C=O) groups excluding carboxylic acids is 2. The summed E-state index contributed by atoms with van der Waals surface area (Å²) in [6, 6.07) is 13.8. The molecular weight excluding hydrogens is 398 g/mol. The van der Waals surface area contributed by atoms with Crippen molar-refractivity contribution in [3.8, 4) is 0 Å². The van der Waals surface area contributed by atoms with Crippen LogP contribution in [0.4, 0.5) is 11.4 Å². The molecule has 1 aliphatic rings. The maximum Gasteiger partial charge on any atom is 0.273 e. The first-order valence-electron chi connectivity index (χ1n) is 10.1. The molecule has 1 fully saturated rings. The Labute approximate surface area is 177 Å². The lowest BCUT2D eigenvalue weighted by atomic mass is 9.96. The molecular formula is C22H23N5O4. The van der Waals surface area contributed by atoms with Crippen molar-refractivity contribution in [3.63, 3.8) is 0 Å². The molecule has 1 saturated heterocycles. The van der Waals surface area contributed by atoms with Gasteiger partial charge in [0, 0.05) is 30.4 Å². The number of primary amides is 1. The number of hydrogen-bond acceptors (Lipinski definition) is 5. The number of aromatic amines is 1. The van der Waals surface area contributed by atoms with Gasteiger partial charge in [0.05, 0.1) is 10.8 Å². The van der Waals surface area contributed by atoms with Crippen molar-refractivity contribution in [1.29, 1.82) is 0 Å². The van der Waals surface area contributed by atoms with Gasteiger partial charge in [0.25, 0.3) is 11.1 Å². The summed E-state index contributed by atoms with van der Waals surface area (Å²) in [5.74, 6) is -0.743. The zero-order valence-corrected chi connectivity index (χ0v) is 16.8. The van der Waals surface area contributed by atoms with Gasteiger partial charge in [-0.05, 0) is 49.2 Å². The average molecular weight is 421 g/mol. The third-order valence-electron chi connectivity index (χ3n) is 5.60. The van der Waals surface area contributed by atoms with E-state index in [0.29, 0.717) is 11.1 Å². The third-order valence-corrected chi connectivity index (χ3v) is 5.60. The summed E-state index contributed by atoms with van der Waals surface area (Å²) >= 11 is 0. The predicted octanol–water partition coefficient (Wildman–Crippen LogP) is 1.03. The summed E-state index contributed by atoms with van der Waals surface area (Å²) < 4.78 is 1.01. The number of rotatable bonds is 5. The summed E-state index contributed by atoms with van der Waals surface area (Å²) in [7, 11) is 0. The Morgan fingerprint density at radius 2 is 1.65 bits per heavy atom. The van der Waals surface area contributed by atoms with Crippen LogP contribution >= 0.6 is 0 Å². The van der Waals surface area contributed by atoms with Crippen LogP contribution < -0.4 is 27.1 Å². The van der Waals surface area contributed by atoms with E-state index in [2.05, 4.69) is 15.3 Å². The second-order valence-electron chi connectivity index (χ2n) is 7.64. The largest absolute Gasteiger partial charge is 0.371 e. The van der Waals surface area contributed by atoms with Crippen LogP contribution in [0.15, 0.2) is 58.1 Å². The molecule has 1 aromatic heterocycles. The maximum absolute atomic E-state index is 12.5. The highest BCUT2D eigenvalue weighted by atomic mass is 16.2. The third kappa shape index (κ3) is 4.35. The number of nitrogens with zero attached hydrogens (tertiary/aromatic N) is 2. The Morgan fingerprint density at radius 3 is 2.29 bits per heavy atom. The van der Waals surface area contributed by atoms with Crippen LogP contribution in [0, 0.1) is 5.92 Å². The number of H-pyrrole nitrogens is 1. The lowest BCUT2D eigenvalue weighted by Crippen LogP contribution is -2.38. The van der Waals surface area contributed by atoms with Crippen molar-refractivity contribution in [2.45, 2.75) is 19.4 Å². The molecule has 0 saturated carbocycles. The summed E-state index contributed by atoms with van der Waals surface area (Å²) in [5, 5.41) is 5.74. The van der Waals surface area contributed by atoms with Crippen LogP contribution in [0.1, 0.15) is 12.8 Å². The molecule has 4 N–H and O–H groups in total. The normalized spacial score (nSPS) is 14.5. The van der Waals surface area contributed by atoms with E-state index in [0.717, 1.165) is 36.3 Å². The Kier molecular flexibility index (Phi) is 5.57. The number of amides is 2. The highest BCUT2D eigenvalue weighted by molar-refractivity contribution is 5.91. The fourth-order valence-corrected chi connectivity index (χ4v) is 3.88. The summed E-state index contributed by atoms with van der Waals surface area (Å²) in [4.78, 5) is 50.6. The molecule has 0 aliphatic carbocycles. The first-order valence-corrected chi connectivity index (χ1v) is 10.1. The van der Waals surface area contributed by atoms with Crippen LogP contribution in [0.2, 0.25) is 0 Å². The second-order valence-corrected chi connectivity index (χ2v) is 7.64. The molecule has 1 aliphatic heterocycles. The molecule has 2 heterocycles. The van der Waals surface area contributed by atoms with Gasteiger partial charge in [-0.3, -0.25) is 24.3 Å². The minimum Gasteiger partial charge on any atom is -0.371 e. The van der Waals surface area contributed by atoms with E-state index in [4.69, 9.17) is 5.73 Å². The number of piperidine rings is 1. The van der Waals surface area contributed by atoms with Gasteiger partial charge in [0.1, 0.15) is 6.54 Å². The van der Waals surface area contributed by atoms with Crippen LogP contribution in [-0.4, -0.2) is 34.7 Å². The number of nitrogens with two attached hydrogens (primary N) is 1. The average Bonchev–Trinajstić information content (AvgIpc) is 2.78. The molecule has 3 aromatic rings. The molecule has 31 heavy (non-hydrogen) atoms. The summed E-state index contributed by atoms with van der Waals surface area (Å²) in [5.41, 5.74) is 6.10. The van der Waals surface area contributed by atoms with E-state index in [-0.39, 0.29) is 23.8 Å². The van der Waals surface area contributed by atoms with E-state index in [1.807, 2.05) is 12.1 Å². The topological polar surface area (TPSA) is 130 Å². The van der Waals surface area contributed by atoms with Crippen LogP contribution in [0.5, 0.6) is 0 Å². The predicted molar refractivity (Wildman–Crippen MR) is 118 cm³/mol. The standard InChI is InChI=1S/C22H23N5O4/c23-20(29)14-9-11-26(12-10-14)16-7-5-15(6-8-16)24-19(28)13-27-22(31)18-4-2-1-3-17(18)21(30)25-27/h1-8,14H,9-13H2,(H2,23,29)(H,24,28)(H,25,30). The van der Waals surface area contributed by atoms with Gasteiger partial charge in [0.15, 0.2) is 0 Å². The van der Waals surface area contributed by atoms with Crippen LogP contribution in [-0.2, 0) is 16.1 Å². The lowest BCUT2D eigenvalue weighted by molar-refractivity contribution is -0.122. The van der Waals surface area contributed by atoms with Crippen molar-refractivity contribution in [3.05, 3.63) is 69.2 Å². The van der Waals surface area contributed by atoms with Crippen molar-refractivity contribution in [1.82, 2.24) is 9.78 Å². The number of nitrogens with one attached hydrogen (secondary N) is 2. The zero-order chi connectivity index (χ0) is 22.0. The Hall–Kier alpha value is -3.88. The smallest absolute Gasteiger partial charge is 0.273 e. The van der Waals surface area contributed by atoms with Crippen molar-refractivity contribution >= 4 is 34.0 Å². The minimum absolute atomic E-state index is 0.0697. The first-order chi connectivity index (χ1) is 14.9. The number of carbonyl (C=O) groups is 2. The van der Waals surface area contributed by atoms with Crippen LogP contribution in [0.3, 0.4) is 0 Å². The van der Waals surface area contributed by atoms with E-state index < -0.39 is 17.0 Å². The first kappa shape index (κ1) is 20.4. The molecule has 0 radical (unpaired) electrons. The fourth-order valence-electron chi connectivity index (χ4n) is 3.88. The maximum atomic E-state index is 12.5. The molecule has 4 rings (SSSR count). The molecule has 0 unspecified atom stereocenters. The van der Waals surface area contributed by atoms with E-state index >= 15 is 0 Å². The Bertz CT molecular complexity index is 1240. The van der Waals surface area contributed by atoms with Gasteiger partial charge in [0.2, 0.25) is 11.8 Å². The van der Waals surface area contributed by atoms with E-state index in [1.165, 1.54) is 0 Å². The molecule has 9 nitrogen and oxygen atoms in total. The quantitative estimate of drug-likeness (QED) is 0.566. The highest BCUT2D eigenvalue weighted by Gasteiger charge is 2.23. The Balaban J connectivity index is 1.41. The van der Waals surface area contributed by atoms with Gasteiger partial charge < -0.3 is 16.0 Å². The van der Waals surface area contributed by atoms with Crippen LogP contribution in [0.25, 0.3) is 10.8 Å². The molecule has 0 atom stereocenters. The van der Waals surface area contributed by atoms with Gasteiger partial charge in [-0.15, -0.1) is 0 Å². The molecule has 9 heteroatoms. The highest BCUT2D eigenvalue weighted by Crippen LogP contribution is 2.24. The summed E-state index contributed by atoms with van der Waals surface area (Å²) in [6.07, 6.45) is 1.46. The number of fused-ring (bicyclic) bond motifs is 1. The van der Waals surface area contributed by atoms with Crippen molar-refractivity contribution in [2.24, 2.45) is 11.7 Å². The number of aromatic nitrogens is 2. The van der Waals surface area contributed by atoms with Crippen molar-refractivity contribution < 1.29 is 9.59 Å². The zero-order valence-electron chi connectivity index (χ0n) is 16.8.